The van der Waals surface area contributed by atoms with Gasteiger partial charge in [-0.2, -0.15) is 0 Å². The third-order valence-corrected chi connectivity index (χ3v) is 2.43. The van der Waals surface area contributed by atoms with Crippen LogP contribution in [-0.2, 0) is 0 Å². The second-order valence-corrected chi connectivity index (χ2v) is 3.43. The van der Waals surface area contributed by atoms with E-state index in [0.717, 1.165) is 25.9 Å². The lowest BCUT2D eigenvalue weighted by Gasteiger charge is -2.12. The lowest BCUT2D eigenvalue weighted by Crippen LogP contribution is -2.19. The lowest BCUT2D eigenvalue weighted by molar-refractivity contribution is 0.113. The Bertz CT molecular complexity index is 94.0. The Hall–Kier alpha value is -0.0800. The summed E-state index contributed by atoms with van der Waals surface area (Å²) in [7, 11) is 2.12. The molecule has 0 saturated carbocycles. The minimum Gasteiger partial charge on any atom is -0.393 e. The van der Waals surface area contributed by atoms with Gasteiger partial charge in [-0.25, -0.2) is 0 Å². The maximum atomic E-state index is 9.45. The Kier molecular flexibility index (Phi) is 6.39. The number of rotatable bonds is 0. The van der Waals surface area contributed by atoms with Crippen molar-refractivity contribution in [2.24, 2.45) is 5.92 Å². The average Bonchev–Trinajstić information content (AvgIpc) is 2.24. The van der Waals surface area contributed by atoms with E-state index in [-0.39, 0.29) is 6.10 Å². The molecule has 1 aliphatic rings. The van der Waals surface area contributed by atoms with Crippen LogP contribution in [-0.4, -0.2) is 36.2 Å². The summed E-state index contributed by atoms with van der Waals surface area (Å²) in [5.41, 5.74) is 0. The number of aliphatic hydroxyl groups excluding tert-OH is 1. The zero-order valence-corrected chi connectivity index (χ0v) is 8.88. The van der Waals surface area contributed by atoms with Crippen LogP contribution in [0.15, 0.2) is 0 Å². The van der Waals surface area contributed by atoms with Crippen LogP contribution in [0.1, 0.15) is 33.6 Å². The fourth-order valence-electron chi connectivity index (χ4n) is 1.37. The normalized spacial score (nSPS) is 31.8. The van der Waals surface area contributed by atoms with Crippen LogP contribution >= 0.6 is 0 Å². The van der Waals surface area contributed by atoms with E-state index in [1.54, 1.807) is 0 Å². The summed E-state index contributed by atoms with van der Waals surface area (Å²) in [4.78, 5) is 2.28. The fourth-order valence-corrected chi connectivity index (χ4v) is 1.37. The molecule has 0 aromatic rings. The smallest absolute Gasteiger partial charge is 0.0578 e. The zero-order valence-electron chi connectivity index (χ0n) is 8.88. The van der Waals surface area contributed by atoms with E-state index in [0.29, 0.717) is 5.92 Å². The largest absolute Gasteiger partial charge is 0.393 e. The van der Waals surface area contributed by atoms with Gasteiger partial charge in [-0.1, -0.05) is 20.8 Å². The Balaban J connectivity index is 0.000000561. The van der Waals surface area contributed by atoms with E-state index >= 15 is 0 Å². The second-order valence-electron chi connectivity index (χ2n) is 3.43. The highest BCUT2D eigenvalue weighted by atomic mass is 16.3. The molecule has 1 saturated heterocycles. The quantitative estimate of drug-likeness (QED) is 0.603. The molecule has 0 aliphatic carbocycles. The summed E-state index contributed by atoms with van der Waals surface area (Å²) >= 11 is 0. The molecule has 1 rings (SSSR count). The second kappa shape index (κ2) is 6.44. The van der Waals surface area contributed by atoms with Gasteiger partial charge in [0.15, 0.2) is 0 Å². The van der Waals surface area contributed by atoms with Crippen molar-refractivity contribution in [2.75, 3.05) is 20.1 Å². The molecule has 0 aromatic carbocycles. The number of hydrogen-bond donors (Lipinski definition) is 1. The van der Waals surface area contributed by atoms with Gasteiger partial charge in [-0.15, -0.1) is 0 Å². The summed E-state index contributed by atoms with van der Waals surface area (Å²) in [6.07, 6.45) is 2.01. The molecule has 2 atom stereocenters. The molecule has 0 unspecified atom stereocenters. The van der Waals surface area contributed by atoms with Crippen LogP contribution in [0.2, 0.25) is 0 Å². The molecule has 1 N–H and O–H groups in total. The third-order valence-electron chi connectivity index (χ3n) is 2.43. The fraction of sp³-hybridized carbons (Fsp3) is 1.00. The number of nitrogens with zero attached hydrogens (tertiary/aromatic N) is 1. The summed E-state index contributed by atoms with van der Waals surface area (Å²) < 4.78 is 0. The summed E-state index contributed by atoms with van der Waals surface area (Å²) in [6.45, 7) is 8.31. The first-order valence-corrected chi connectivity index (χ1v) is 5.07. The third kappa shape index (κ3) is 4.07. The van der Waals surface area contributed by atoms with Gasteiger partial charge in [0.2, 0.25) is 0 Å². The Morgan fingerprint density at radius 1 is 1.17 bits per heavy atom. The number of likely N-dealkylation sites (tertiary alicyclic amines) is 1. The molecule has 2 heteroatoms. The first kappa shape index (κ1) is 11.9. The molecule has 2 nitrogen and oxygen atoms in total. The number of hydrogen-bond acceptors (Lipinski definition) is 2. The molecule has 0 bridgehead atoms. The first-order valence-electron chi connectivity index (χ1n) is 5.07. The minimum absolute atomic E-state index is 0.0649. The number of aliphatic hydroxyl groups is 1. The van der Waals surface area contributed by atoms with Gasteiger partial charge in [0.25, 0.3) is 0 Å². The van der Waals surface area contributed by atoms with Gasteiger partial charge >= 0.3 is 0 Å². The van der Waals surface area contributed by atoms with E-state index in [9.17, 15) is 5.11 Å². The van der Waals surface area contributed by atoms with Crippen molar-refractivity contribution in [2.45, 2.75) is 39.7 Å². The van der Waals surface area contributed by atoms with Gasteiger partial charge in [0.05, 0.1) is 6.10 Å². The van der Waals surface area contributed by atoms with Crippen molar-refractivity contribution in [3.05, 3.63) is 0 Å². The molecule has 74 valence electrons. The van der Waals surface area contributed by atoms with Crippen LogP contribution in [0.5, 0.6) is 0 Å². The Morgan fingerprint density at radius 2 is 1.67 bits per heavy atom. The molecular formula is C10H23NO. The molecule has 0 radical (unpaired) electrons. The Labute approximate surface area is 76.6 Å². The summed E-state index contributed by atoms with van der Waals surface area (Å²) in [5.74, 6) is 0.491. The van der Waals surface area contributed by atoms with E-state index in [2.05, 4.69) is 18.9 Å². The summed E-state index contributed by atoms with van der Waals surface area (Å²) in [5, 5.41) is 9.45. The SMILES string of the molecule is CC.C[C@H]1CCN(C)CC[C@H]1O. The van der Waals surface area contributed by atoms with Crippen LogP contribution in [0.25, 0.3) is 0 Å². The molecule has 1 heterocycles. The van der Waals surface area contributed by atoms with Crippen molar-refractivity contribution in [3.8, 4) is 0 Å². The van der Waals surface area contributed by atoms with E-state index < -0.39 is 0 Å². The first-order chi connectivity index (χ1) is 5.70. The van der Waals surface area contributed by atoms with Crippen molar-refractivity contribution < 1.29 is 5.11 Å². The molecule has 0 spiro atoms. The van der Waals surface area contributed by atoms with Gasteiger partial charge in [-0.3, -0.25) is 0 Å². The molecule has 0 amide bonds. The van der Waals surface area contributed by atoms with Crippen LogP contribution in [0, 0.1) is 5.92 Å². The molecule has 1 aliphatic heterocycles. The van der Waals surface area contributed by atoms with Crippen molar-refractivity contribution in [1.29, 1.82) is 0 Å². The Morgan fingerprint density at radius 3 is 2.25 bits per heavy atom. The van der Waals surface area contributed by atoms with Crippen molar-refractivity contribution in [1.82, 2.24) is 4.90 Å². The predicted molar refractivity (Wildman–Crippen MR) is 53.2 cm³/mol. The van der Waals surface area contributed by atoms with Gasteiger partial charge < -0.3 is 10.0 Å². The van der Waals surface area contributed by atoms with E-state index in [4.69, 9.17) is 0 Å². The van der Waals surface area contributed by atoms with Crippen molar-refractivity contribution in [3.63, 3.8) is 0 Å². The van der Waals surface area contributed by atoms with Gasteiger partial charge in [0.1, 0.15) is 0 Å². The van der Waals surface area contributed by atoms with Gasteiger partial charge in [0, 0.05) is 6.54 Å². The lowest BCUT2D eigenvalue weighted by atomic mass is 10.0. The highest BCUT2D eigenvalue weighted by Gasteiger charge is 2.18. The van der Waals surface area contributed by atoms with Crippen LogP contribution in [0.3, 0.4) is 0 Å². The monoisotopic (exact) mass is 173 g/mol. The molecule has 1 fully saturated rings. The van der Waals surface area contributed by atoms with Crippen molar-refractivity contribution >= 4 is 0 Å². The minimum atomic E-state index is -0.0649. The predicted octanol–water partition coefficient (Wildman–Crippen LogP) is 1.74. The van der Waals surface area contributed by atoms with Crippen LogP contribution < -0.4 is 0 Å². The van der Waals surface area contributed by atoms with Gasteiger partial charge in [-0.05, 0) is 32.4 Å². The maximum Gasteiger partial charge on any atom is 0.0578 e. The topological polar surface area (TPSA) is 23.5 Å². The van der Waals surface area contributed by atoms with E-state index in [1.165, 1.54) is 0 Å². The highest BCUT2D eigenvalue weighted by Crippen LogP contribution is 2.15. The maximum absolute atomic E-state index is 9.45. The zero-order chi connectivity index (χ0) is 9.56. The molecular weight excluding hydrogens is 150 g/mol. The average molecular weight is 173 g/mol. The van der Waals surface area contributed by atoms with Crippen LogP contribution in [0.4, 0.5) is 0 Å². The molecule has 12 heavy (non-hydrogen) atoms. The highest BCUT2D eigenvalue weighted by molar-refractivity contribution is 4.71. The van der Waals surface area contributed by atoms with E-state index in [1.807, 2.05) is 13.8 Å². The summed E-state index contributed by atoms with van der Waals surface area (Å²) in [6, 6.07) is 0. The standard InChI is InChI=1S/C8H17NO.C2H6/c1-7-3-5-9(2)6-4-8(7)10;1-2/h7-8,10H,3-6H2,1-2H3;1-2H3/t7-,8+;/m0./s1. The molecule has 0 aromatic heterocycles.